The molecule has 0 saturated carbocycles. The number of nitrogens with zero attached hydrogens (tertiary/aromatic N) is 2. The zero-order valence-corrected chi connectivity index (χ0v) is 12.8. The van der Waals surface area contributed by atoms with Gasteiger partial charge in [-0.1, -0.05) is 60.7 Å². The fraction of sp³-hybridized carbons (Fsp3) is 0.316. The smallest absolute Gasteiger partial charge is 0.159 e. The summed E-state index contributed by atoms with van der Waals surface area (Å²) in [6.07, 6.45) is -0.0649. The third-order valence-corrected chi connectivity index (χ3v) is 4.42. The van der Waals surface area contributed by atoms with Gasteiger partial charge in [-0.3, -0.25) is 4.90 Å². The van der Waals surface area contributed by atoms with Crippen molar-refractivity contribution >= 4 is 0 Å². The van der Waals surface area contributed by atoms with Crippen LogP contribution in [0.2, 0.25) is 0 Å². The van der Waals surface area contributed by atoms with Crippen LogP contribution in [-0.4, -0.2) is 23.1 Å². The van der Waals surface area contributed by atoms with Crippen LogP contribution in [0.1, 0.15) is 18.1 Å². The summed E-state index contributed by atoms with van der Waals surface area (Å²) in [7, 11) is 0. The summed E-state index contributed by atoms with van der Waals surface area (Å²) in [6.45, 7) is 3.95. The highest BCUT2D eigenvalue weighted by Gasteiger charge is 2.51. The maximum Gasteiger partial charge on any atom is 0.159 e. The van der Waals surface area contributed by atoms with Gasteiger partial charge in [-0.2, -0.15) is 5.26 Å². The Kier molecular flexibility index (Phi) is 4.24. The zero-order chi connectivity index (χ0) is 15.4. The number of hydrogen-bond donors (Lipinski definition) is 0. The Morgan fingerprint density at radius 2 is 1.55 bits per heavy atom. The molecule has 0 bridgehead atoms. The summed E-state index contributed by atoms with van der Waals surface area (Å²) in [6, 6.07) is 23.1. The van der Waals surface area contributed by atoms with E-state index in [9.17, 15) is 5.26 Å². The lowest BCUT2D eigenvalue weighted by Crippen LogP contribution is -2.65. The van der Waals surface area contributed by atoms with Gasteiger partial charge in [0.2, 0.25) is 0 Å². The average molecular weight is 292 g/mol. The third-order valence-electron chi connectivity index (χ3n) is 4.42. The van der Waals surface area contributed by atoms with E-state index in [2.05, 4.69) is 35.2 Å². The minimum absolute atomic E-state index is 0.0649. The van der Waals surface area contributed by atoms with Crippen molar-refractivity contribution < 1.29 is 4.74 Å². The van der Waals surface area contributed by atoms with Gasteiger partial charge in [-0.05, 0) is 18.1 Å². The molecular weight excluding hydrogens is 272 g/mol. The second kappa shape index (κ2) is 6.31. The first-order chi connectivity index (χ1) is 10.7. The second-order valence-electron chi connectivity index (χ2n) is 5.82. The molecule has 1 aliphatic heterocycles. The Balaban J connectivity index is 1.87. The van der Waals surface area contributed by atoms with E-state index in [0.29, 0.717) is 6.61 Å². The summed E-state index contributed by atoms with van der Waals surface area (Å²) >= 11 is 0. The molecule has 1 fully saturated rings. The Labute approximate surface area is 131 Å². The van der Waals surface area contributed by atoms with E-state index in [0.717, 1.165) is 13.1 Å². The van der Waals surface area contributed by atoms with Crippen molar-refractivity contribution in [1.29, 1.82) is 5.26 Å². The first-order valence-corrected chi connectivity index (χ1v) is 7.60. The molecule has 0 aromatic heterocycles. The molecular formula is C19H20N2O. The molecule has 1 heterocycles. The van der Waals surface area contributed by atoms with Gasteiger partial charge in [0.25, 0.3) is 0 Å². The molecule has 2 atom stereocenters. The van der Waals surface area contributed by atoms with E-state index in [1.165, 1.54) is 11.1 Å². The Morgan fingerprint density at radius 3 is 1.86 bits per heavy atom. The van der Waals surface area contributed by atoms with Crippen LogP contribution in [0.5, 0.6) is 0 Å². The van der Waals surface area contributed by atoms with Crippen LogP contribution in [0.4, 0.5) is 0 Å². The van der Waals surface area contributed by atoms with Crippen molar-refractivity contribution in [1.82, 2.24) is 4.90 Å². The van der Waals surface area contributed by atoms with Crippen LogP contribution in [0.15, 0.2) is 60.7 Å². The monoisotopic (exact) mass is 292 g/mol. The highest BCUT2D eigenvalue weighted by atomic mass is 16.5. The minimum Gasteiger partial charge on any atom is -0.372 e. The van der Waals surface area contributed by atoms with Gasteiger partial charge in [0, 0.05) is 13.1 Å². The van der Waals surface area contributed by atoms with Gasteiger partial charge < -0.3 is 4.74 Å². The van der Waals surface area contributed by atoms with Crippen molar-refractivity contribution in [2.75, 3.05) is 6.61 Å². The second-order valence-corrected chi connectivity index (χ2v) is 5.82. The van der Waals surface area contributed by atoms with E-state index in [-0.39, 0.29) is 6.10 Å². The first kappa shape index (κ1) is 14.8. The van der Waals surface area contributed by atoms with E-state index in [4.69, 9.17) is 4.74 Å². The predicted octanol–water partition coefficient (Wildman–Crippen LogP) is 3.37. The SMILES string of the molecule is CC1OCC1(C#N)N(Cc1ccccc1)Cc1ccccc1. The fourth-order valence-corrected chi connectivity index (χ4v) is 2.90. The van der Waals surface area contributed by atoms with E-state index >= 15 is 0 Å². The Bertz CT molecular complexity index is 609. The molecule has 22 heavy (non-hydrogen) atoms. The van der Waals surface area contributed by atoms with Gasteiger partial charge in [0.1, 0.15) is 0 Å². The number of rotatable bonds is 5. The highest BCUT2D eigenvalue weighted by molar-refractivity contribution is 5.23. The molecule has 3 nitrogen and oxygen atoms in total. The molecule has 3 heteroatoms. The number of ether oxygens (including phenoxy) is 1. The number of hydrogen-bond acceptors (Lipinski definition) is 3. The van der Waals surface area contributed by atoms with Gasteiger partial charge in [0.05, 0.1) is 18.8 Å². The quantitative estimate of drug-likeness (QED) is 0.847. The molecule has 2 unspecified atom stereocenters. The zero-order valence-electron chi connectivity index (χ0n) is 12.8. The minimum atomic E-state index is -0.536. The third kappa shape index (κ3) is 2.76. The van der Waals surface area contributed by atoms with Crippen LogP contribution >= 0.6 is 0 Å². The lowest BCUT2D eigenvalue weighted by molar-refractivity contribution is -0.170. The molecule has 3 rings (SSSR count). The summed E-state index contributed by atoms with van der Waals surface area (Å²) < 4.78 is 5.53. The van der Waals surface area contributed by atoms with Crippen molar-refractivity contribution in [3.05, 3.63) is 71.8 Å². The molecule has 1 saturated heterocycles. The molecule has 0 radical (unpaired) electrons. The summed E-state index contributed by atoms with van der Waals surface area (Å²) in [4.78, 5) is 2.24. The van der Waals surface area contributed by atoms with Crippen LogP contribution in [0.25, 0.3) is 0 Å². The molecule has 0 N–H and O–H groups in total. The van der Waals surface area contributed by atoms with Crippen molar-refractivity contribution in [2.24, 2.45) is 0 Å². The van der Waals surface area contributed by atoms with Crippen LogP contribution in [0, 0.1) is 11.3 Å². The van der Waals surface area contributed by atoms with Crippen molar-refractivity contribution in [3.8, 4) is 6.07 Å². The molecule has 0 amide bonds. The summed E-state index contributed by atoms with van der Waals surface area (Å²) in [5.41, 5.74) is 1.89. The predicted molar refractivity (Wildman–Crippen MR) is 85.9 cm³/mol. The molecule has 1 aliphatic rings. The molecule has 2 aromatic rings. The number of benzene rings is 2. The Morgan fingerprint density at radius 1 is 1.05 bits per heavy atom. The maximum absolute atomic E-state index is 9.76. The molecule has 112 valence electrons. The normalized spacial score (nSPS) is 23.8. The highest BCUT2D eigenvalue weighted by Crippen LogP contribution is 2.34. The Hall–Kier alpha value is -2.15. The topological polar surface area (TPSA) is 36.3 Å². The lowest BCUT2D eigenvalue weighted by atomic mass is 9.87. The van der Waals surface area contributed by atoms with Crippen LogP contribution < -0.4 is 0 Å². The molecule has 0 spiro atoms. The fourth-order valence-electron chi connectivity index (χ4n) is 2.90. The summed E-state index contributed by atoms with van der Waals surface area (Å²) in [5, 5.41) is 9.76. The van der Waals surface area contributed by atoms with Crippen molar-refractivity contribution in [3.63, 3.8) is 0 Å². The van der Waals surface area contributed by atoms with Crippen molar-refractivity contribution in [2.45, 2.75) is 31.7 Å². The summed E-state index contributed by atoms with van der Waals surface area (Å²) in [5.74, 6) is 0. The molecule has 0 aliphatic carbocycles. The largest absolute Gasteiger partial charge is 0.372 e. The van der Waals surface area contributed by atoms with Gasteiger partial charge in [-0.25, -0.2) is 0 Å². The van der Waals surface area contributed by atoms with Crippen LogP contribution in [-0.2, 0) is 17.8 Å². The number of nitriles is 1. The van der Waals surface area contributed by atoms with Gasteiger partial charge in [0.15, 0.2) is 5.54 Å². The average Bonchev–Trinajstić information content (AvgIpc) is 2.56. The first-order valence-electron chi connectivity index (χ1n) is 7.60. The van der Waals surface area contributed by atoms with E-state index in [1.807, 2.05) is 43.3 Å². The molecule has 2 aromatic carbocycles. The lowest BCUT2D eigenvalue weighted by Gasteiger charge is -2.49. The standard InChI is InChI=1S/C19H20N2O/c1-16-19(14-20,15-22-16)21(12-17-8-4-2-5-9-17)13-18-10-6-3-7-11-18/h2-11,16H,12-13,15H2,1H3. The maximum atomic E-state index is 9.76. The van der Waals surface area contributed by atoms with E-state index < -0.39 is 5.54 Å². The van der Waals surface area contributed by atoms with E-state index in [1.54, 1.807) is 0 Å². The van der Waals surface area contributed by atoms with Gasteiger partial charge >= 0.3 is 0 Å². The van der Waals surface area contributed by atoms with Gasteiger partial charge in [-0.15, -0.1) is 0 Å². The van der Waals surface area contributed by atoms with Crippen LogP contribution in [0.3, 0.4) is 0 Å².